The summed E-state index contributed by atoms with van der Waals surface area (Å²) < 4.78 is 35.3. The number of rotatable bonds is 3. The second-order valence-electron chi connectivity index (χ2n) is 2.78. The first-order valence-corrected chi connectivity index (χ1v) is 3.93. The first-order chi connectivity index (χ1) is 6.88. The van der Waals surface area contributed by atoms with Gasteiger partial charge in [-0.25, -0.2) is 5.32 Å². The van der Waals surface area contributed by atoms with Crippen molar-refractivity contribution in [1.82, 2.24) is 5.32 Å². The summed E-state index contributed by atoms with van der Waals surface area (Å²) in [5, 5.41) is 11.6. The van der Waals surface area contributed by atoms with Gasteiger partial charge in [0.05, 0.1) is 4.92 Å². The van der Waals surface area contributed by atoms with E-state index >= 15 is 0 Å². The van der Waals surface area contributed by atoms with Gasteiger partial charge in [-0.05, 0) is 5.56 Å². The summed E-state index contributed by atoms with van der Waals surface area (Å²) >= 11 is 0. The van der Waals surface area contributed by atoms with Crippen LogP contribution in [0.2, 0.25) is 0 Å². The Balaban J connectivity index is 2.70. The van der Waals surface area contributed by atoms with Gasteiger partial charge in [0, 0.05) is 18.7 Å². The van der Waals surface area contributed by atoms with Gasteiger partial charge in [-0.2, -0.15) is 13.2 Å². The molecule has 1 rings (SSSR count). The number of nitro benzene ring substituents is 1. The number of halogens is 3. The summed E-state index contributed by atoms with van der Waals surface area (Å²) in [6, 6.07) is 5.03. The van der Waals surface area contributed by atoms with Crippen LogP contribution in [-0.2, 0) is 6.54 Å². The van der Waals surface area contributed by atoms with E-state index in [1.165, 1.54) is 23.5 Å². The Hall–Kier alpha value is -1.63. The Morgan fingerprint density at radius 1 is 1.40 bits per heavy atom. The first-order valence-electron chi connectivity index (χ1n) is 3.93. The number of nitrogens with zero attached hydrogens (tertiary/aromatic N) is 1. The van der Waals surface area contributed by atoms with Gasteiger partial charge in [0.15, 0.2) is 0 Å². The molecule has 7 heteroatoms. The van der Waals surface area contributed by atoms with Crippen LogP contribution in [0.25, 0.3) is 0 Å². The number of nitrogens with one attached hydrogen (secondary N) is 1. The molecule has 4 nitrogen and oxygen atoms in total. The van der Waals surface area contributed by atoms with Crippen LogP contribution in [0.1, 0.15) is 5.56 Å². The molecule has 1 aromatic rings. The molecule has 0 saturated carbocycles. The van der Waals surface area contributed by atoms with E-state index in [9.17, 15) is 23.3 Å². The third-order valence-electron chi connectivity index (χ3n) is 1.61. The van der Waals surface area contributed by atoms with Crippen molar-refractivity contribution < 1.29 is 18.1 Å². The van der Waals surface area contributed by atoms with E-state index in [1.54, 1.807) is 0 Å². The van der Waals surface area contributed by atoms with E-state index in [4.69, 9.17) is 0 Å². The molecule has 82 valence electrons. The summed E-state index contributed by atoms with van der Waals surface area (Å²) in [7, 11) is 0. The SMILES string of the molecule is O=[N+]([O-])c1cccc(CNC(F)(F)F)c1. The molecule has 0 aromatic heterocycles. The molecular weight excluding hydrogens is 213 g/mol. The Bertz CT molecular complexity index is 365. The fraction of sp³-hybridized carbons (Fsp3) is 0.250. The normalized spacial score (nSPS) is 11.4. The van der Waals surface area contributed by atoms with E-state index in [0.717, 1.165) is 6.07 Å². The Labute approximate surface area is 82.9 Å². The number of non-ortho nitro benzene ring substituents is 1. The minimum absolute atomic E-state index is 0.210. The number of nitro groups is 1. The van der Waals surface area contributed by atoms with Gasteiger partial charge in [0.1, 0.15) is 0 Å². The molecule has 0 fully saturated rings. The van der Waals surface area contributed by atoms with Crippen LogP contribution in [0.3, 0.4) is 0 Å². The maximum atomic E-state index is 11.8. The third-order valence-corrected chi connectivity index (χ3v) is 1.61. The van der Waals surface area contributed by atoms with Crippen molar-refractivity contribution in [2.24, 2.45) is 0 Å². The molecule has 0 aliphatic carbocycles. The summed E-state index contributed by atoms with van der Waals surface area (Å²) in [5.74, 6) is 0. The molecular formula is C8H7F3N2O2. The maximum absolute atomic E-state index is 11.8. The molecule has 0 aliphatic rings. The number of hydrogen-bond acceptors (Lipinski definition) is 3. The highest BCUT2D eigenvalue weighted by molar-refractivity contribution is 5.34. The predicted molar refractivity (Wildman–Crippen MR) is 46.0 cm³/mol. The van der Waals surface area contributed by atoms with Crippen molar-refractivity contribution in [3.63, 3.8) is 0 Å². The van der Waals surface area contributed by atoms with Gasteiger partial charge in [0.25, 0.3) is 5.69 Å². The molecule has 0 amide bonds. The average Bonchev–Trinajstić information content (AvgIpc) is 2.14. The van der Waals surface area contributed by atoms with Crippen molar-refractivity contribution in [3.8, 4) is 0 Å². The lowest BCUT2D eigenvalue weighted by Crippen LogP contribution is -2.30. The largest absolute Gasteiger partial charge is 0.457 e. The van der Waals surface area contributed by atoms with E-state index in [-0.39, 0.29) is 11.3 Å². The van der Waals surface area contributed by atoms with Crippen molar-refractivity contribution in [2.75, 3.05) is 0 Å². The summed E-state index contributed by atoms with van der Waals surface area (Å²) in [4.78, 5) is 9.66. The van der Waals surface area contributed by atoms with E-state index in [0.29, 0.717) is 0 Å². The van der Waals surface area contributed by atoms with Crippen LogP contribution in [0.5, 0.6) is 0 Å². The Kier molecular flexibility index (Phi) is 3.25. The second-order valence-corrected chi connectivity index (χ2v) is 2.78. The Morgan fingerprint density at radius 3 is 2.60 bits per heavy atom. The lowest BCUT2D eigenvalue weighted by Gasteiger charge is -2.07. The van der Waals surface area contributed by atoms with Crippen molar-refractivity contribution in [2.45, 2.75) is 12.8 Å². The highest BCUT2D eigenvalue weighted by Gasteiger charge is 2.26. The van der Waals surface area contributed by atoms with Gasteiger partial charge >= 0.3 is 6.30 Å². The minimum atomic E-state index is -4.48. The summed E-state index contributed by atoms with van der Waals surface area (Å²) in [6.07, 6.45) is -4.48. The fourth-order valence-electron chi connectivity index (χ4n) is 0.982. The molecule has 0 spiro atoms. The zero-order chi connectivity index (χ0) is 11.5. The predicted octanol–water partition coefficient (Wildman–Crippen LogP) is 2.20. The lowest BCUT2D eigenvalue weighted by molar-refractivity contribution is -0.384. The van der Waals surface area contributed by atoms with Crippen molar-refractivity contribution >= 4 is 5.69 Å². The van der Waals surface area contributed by atoms with Crippen LogP contribution < -0.4 is 5.32 Å². The monoisotopic (exact) mass is 220 g/mol. The first kappa shape index (κ1) is 11.4. The van der Waals surface area contributed by atoms with E-state index < -0.39 is 17.8 Å². The zero-order valence-electron chi connectivity index (χ0n) is 7.41. The van der Waals surface area contributed by atoms with E-state index in [2.05, 4.69) is 0 Å². The van der Waals surface area contributed by atoms with Gasteiger partial charge in [-0.3, -0.25) is 10.1 Å². The highest BCUT2D eigenvalue weighted by atomic mass is 19.4. The molecule has 0 atom stereocenters. The summed E-state index contributed by atoms with van der Waals surface area (Å²) in [5.41, 5.74) is -0.0157. The van der Waals surface area contributed by atoms with E-state index in [1.807, 2.05) is 0 Å². The molecule has 0 saturated heterocycles. The minimum Gasteiger partial charge on any atom is -0.258 e. The topological polar surface area (TPSA) is 55.2 Å². The van der Waals surface area contributed by atoms with Crippen LogP contribution in [0.15, 0.2) is 24.3 Å². The molecule has 0 radical (unpaired) electrons. The van der Waals surface area contributed by atoms with Crippen LogP contribution >= 0.6 is 0 Å². The van der Waals surface area contributed by atoms with Gasteiger partial charge in [-0.1, -0.05) is 12.1 Å². The number of hydrogen-bond donors (Lipinski definition) is 1. The zero-order valence-corrected chi connectivity index (χ0v) is 7.41. The second kappa shape index (κ2) is 4.26. The van der Waals surface area contributed by atoms with Gasteiger partial charge < -0.3 is 0 Å². The molecule has 15 heavy (non-hydrogen) atoms. The Morgan fingerprint density at radius 2 is 2.07 bits per heavy atom. The fourth-order valence-corrected chi connectivity index (χ4v) is 0.982. The highest BCUT2D eigenvalue weighted by Crippen LogP contribution is 2.15. The number of benzene rings is 1. The van der Waals surface area contributed by atoms with Crippen LogP contribution in [0, 0.1) is 10.1 Å². The van der Waals surface area contributed by atoms with Gasteiger partial charge in [-0.15, -0.1) is 0 Å². The molecule has 0 heterocycles. The maximum Gasteiger partial charge on any atom is 0.457 e. The molecule has 0 bridgehead atoms. The van der Waals surface area contributed by atoms with Crippen LogP contribution in [0.4, 0.5) is 18.9 Å². The number of alkyl halides is 3. The van der Waals surface area contributed by atoms with Crippen molar-refractivity contribution in [1.29, 1.82) is 0 Å². The average molecular weight is 220 g/mol. The smallest absolute Gasteiger partial charge is 0.258 e. The third kappa shape index (κ3) is 3.94. The molecule has 1 N–H and O–H groups in total. The lowest BCUT2D eigenvalue weighted by atomic mass is 10.2. The molecule has 0 aliphatic heterocycles. The quantitative estimate of drug-likeness (QED) is 0.482. The van der Waals surface area contributed by atoms with Crippen LogP contribution in [-0.4, -0.2) is 11.2 Å². The molecule has 0 unspecified atom stereocenters. The standard InChI is InChI=1S/C8H7F3N2O2/c9-8(10,11)12-5-6-2-1-3-7(4-6)13(14)15/h1-4,12H,5H2. The van der Waals surface area contributed by atoms with Crippen molar-refractivity contribution in [3.05, 3.63) is 39.9 Å². The molecule has 1 aromatic carbocycles. The summed E-state index contributed by atoms with van der Waals surface area (Å²) in [6.45, 7) is -0.481. The van der Waals surface area contributed by atoms with Gasteiger partial charge in [0.2, 0.25) is 0 Å².